The van der Waals surface area contributed by atoms with Gasteiger partial charge >= 0.3 is 6.03 Å². The average molecular weight is 213 g/mol. The maximum atomic E-state index is 11.0. The Balaban J connectivity index is 3.64. The van der Waals surface area contributed by atoms with Gasteiger partial charge < -0.3 is 5.32 Å². The van der Waals surface area contributed by atoms with Crippen LogP contribution < -0.4 is 10.6 Å². The molecule has 0 radical (unpaired) electrons. The van der Waals surface area contributed by atoms with Crippen LogP contribution in [0.1, 0.15) is 20.3 Å². The fraction of sp³-hybridized carbons (Fsp3) is 0.750. The van der Waals surface area contributed by atoms with Crippen molar-refractivity contribution >= 4 is 11.9 Å². The number of azide groups is 1. The molecule has 0 aliphatic rings. The predicted octanol–water partition coefficient (Wildman–Crippen LogP) is 1.17. The summed E-state index contributed by atoms with van der Waals surface area (Å²) in [7, 11) is 0. The molecule has 3 amide bonds. The number of nitrogens with zero attached hydrogens (tertiary/aromatic N) is 3. The number of hydrogen-bond donors (Lipinski definition) is 2. The van der Waals surface area contributed by atoms with Crippen molar-refractivity contribution in [2.24, 2.45) is 11.0 Å². The van der Waals surface area contributed by atoms with Crippen molar-refractivity contribution in [1.29, 1.82) is 0 Å². The summed E-state index contributed by atoms with van der Waals surface area (Å²) in [6, 6.07) is -0.561. The average Bonchev–Trinajstić information content (AvgIpc) is 2.14. The molecule has 0 unspecified atom stereocenters. The summed E-state index contributed by atoms with van der Waals surface area (Å²) in [6.07, 6.45) is 0.845. The minimum Gasteiger partial charge on any atom is -0.338 e. The molecule has 0 bridgehead atoms. The number of carbonyl (C=O) groups is 2. The van der Waals surface area contributed by atoms with Gasteiger partial charge in [-0.3, -0.25) is 10.1 Å². The van der Waals surface area contributed by atoms with Crippen molar-refractivity contribution in [2.75, 3.05) is 13.1 Å². The van der Waals surface area contributed by atoms with E-state index < -0.39 is 11.9 Å². The first-order valence-electron chi connectivity index (χ1n) is 4.64. The Morgan fingerprint density at radius 1 is 1.47 bits per heavy atom. The fourth-order valence-electron chi connectivity index (χ4n) is 0.781. The van der Waals surface area contributed by atoms with E-state index in [2.05, 4.69) is 15.3 Å². The Morgan fingerprint density at radius 2 is 2.13 bits per heavy atom. The first kappa shape index (κ1) is 13.2. The Hall–Kier alpha value is -1.75. The first-order chi connectivity index (χ1) is 7.06. The Bertz CT molecular complexity index is 270. The number of rotatable bonds is 5. The monoisotopic (exact) mass is 213 g/mol. The molecule has 15 heavy (non-hydrogen) atoms. The quantitative estimate of drug-likeness (QED) is 0.406. The standard InChI is InChI=1S/C8H15N5O2/c1-6(2)3-4-10-8(15)12-7(14)5-11-13-9/h6H,3-5H2,1-2H3,(H2,10,12,14,15). The van der Waals surface area contributed by atoms with Crippen molar-refractivity contribution < 1.29 is 9.59 Å². The van der Waals surface area contributed by atoms with E-state index in [1.54, 1.807) is 0 Å². The van der Waals surface area contributed by atoms with Crippen LogP contribution >= 0.6 is 0 Å². The van der Waals surface area contributed by atoms with E-state index in [1.165, 1.54) is 0 Å². The molecule has 0 heterocycles. The number of urea groups is 1. The molecule has 0 aromatic carbocycles. The van der Waals surface area contributed by atoms with Gasteiger partial charge in [0.1, 0.15) is 6.54 Å². The number of nitrogens with one attached hydrogen (secondary N) is 2. The minimum absolute atomic E-state index is 0.367. The maximum Gasteiger partial charge on any atom is 0.321 e. The molecule has 7 nitrogen and oxygen atoms in total. The highest BCUT2D eigenvalue weighted by Crippen LogP contribution is 1.95. The second kappa shape index (κ2) is 7.64. The zero-order chi connectivity index (χ0) is 11.7. The van der Waals surface area contributed by atoms with Gasteiger partial charge in [0, 0.05) is 11.5 Å². The third-order valence-corrected chi connectivity index (χ3v) is 1.54. The molecular weight excluding hydrogens is 198 g/mol. The van der Waals surface area contributed by atoms with Crippen molar-refractivity contribution in [1.82, 2.24) is 10.6 Å². The van der Waals surface area contributed by atoms with Gasteiger partial charge in [0.15, 0.2) is 0 Å². The van der Waals surface area contributed by atoms with Crippen LogP contribution in [0.15, 0.2) is 5.11 Å². The second-order valence-electron chi connectivity index (χ2n) is 3.38. The van der Waals surface area contributed by atoms with Gasteiger partial charge in [0.25, 0.3) is 0 Å². The number of hydrogen-bond acceptors (Lipinski definition) is 3. The molecule has 0 saturated carbocycles. The van der Waals surface area contributed by atoms with E-state index in [-0.39, 0.29) is 6.54 Å². The maximum absolute atomic E-state index is 11.0. The van der Waals surface area contributed by atoms with Crippen LogP contribution in [0, 0.1) is 5.92 Å². The summed E-state index contributed by atoms with van der Waals surface area (Å²) in [5, 5.41) is 7.57. The lowest BCUT2D eigenvalue weighted by Crippen LogP contribution is -2.41. The number of carbonyl (C=O) groups excluding carboxylic acids is 2. The normalized spacial score (nSPS) is 9.27. The molecule has 0 rings (SSSR count). The van der Waals surface area contributed by atoms with Gasteiger partial charge in [-0.2, -0.15) is 0 Å². The van der Waals surface area contributed by atoms with Crippen LogP contribution in [-0.2, 0) is 4.79 Å². The Labute approximate surface area is 87.9 Å². The van der Waals surface area contributed by atoms with E-state index >= 15 is 0 Å². The molecular formula is C8H15N5O2. The number of amides is 3. The van der Waals surface area contributed by atoms with Crippen LogP contribution in [0.5, 0.6) is 0 Å². The van der Waals surface area contributed by atoms with Crippen molar-refractivity contribution in [3.05, 3.63) is 10.4 Å². The van der Waals surface area contributed by atoms with Crippen LogP contribution in [-0.4, -0.2) is 25.0 Å². The van der Waals surface area contributed by atoms with E-state index in [0.29, 0.717) is 12.5 Å². The molecule has 0 aromatic rings. The van der Waals surface area contributed by atoms with Gasteiger partial charge in [-0.25, -0.2) is 4.79 Å². The van der Waals surface area contributed by atoms with Crippen LogP contribution in [0.3, 0.4) is 0 Å². The zero-order valence-electron chi connectivity index (χ0n) is 8.86. The molecule has 0 aromatic heterocycles. The smallest absolute Gasteiger partial charge is 0.321 e. The molecule has 0 saturated heterocycles. The van der Waals surface area contributed by atoms with Crippen LogP contribution in [0.4, 0.5) is 4.79 Å². The van der Waals surface area contributed by atoms with E-state index in [9.17, 15) is 9.59 Å². The third-order valence-electron chi connectivity index (χ3n) is 1.54. The third kappa shape index (κ3) is 8.58. The molecule has 84 valence electrons. The molecule has 0 atom stereocenters. The molecule has 0 aliphatic carbocycles. The molecule has 7 heteroatoms. The van der Waals surface area contributed by atoms with Crippen molar-refractivity contribution in [3.8, 4) is 0 Å². The van der Waals surface area contributed by atoms with E-state index in [1.807, 2.05) is 19.2 Å². The number of imide groups is 1. The van der Waals surface area contributed by atoms with Crippen molar-refractivity contribution in [2.45, 2.75) is 20.3 Å². The summed E-state index contributed by atoms with van der Waals surface area (Å²) in [6.45, 7) is 4.21. The van der Waals surface area contributed by atoms with Gasteiger partial charge in [-0.05, 0) is 17.9 Å². The Kier molecular flexibility index (Phi) is 6.74. The highest BCUT2D eigenvalue weighted by atomic mass is 16.2. The summed E-state index contributed by atoms with van der Waals surface area (Å²) in [5.74, 6) is -0.126. The lowest BCUT2D eigenvalue weighted by Gasteiger charge is -2.07. The SMILES string of the molecule is CC(C)CCNC(=O)NC(=O)CN=[N+]=[N-]. The lowest BCUT2D eigenvalue weighted by atomic mass is 10.1. The van der Waals surface area contributed by atoms with E-state index in [4.69, 9.17) is 5.53 Å². The van der Waals surface area contributed by atoms with Gasteiger partial charge in [0.2, 0.25) is 5.91 Å². The lowest BCUT2D eigenvalue weighted by molar-refractivity contribution is -0.118. The summed E-state index contributed by atoms with van der Waals surface area (Å²) in [5.41, 5.74) is 7.93. The molecule has 0 spiro atoms. The van der Waals surface area contributed by atoms with Gasteiger partial charge in [-0.1, -0.05) is 19.0 Å². The predicted molar refractivity (Wildman–Crippen MR) is 55.0 cm³/mol. The van der Waals surface area contributed by atoms with Crippen molar-refractivity contribution in [3.63, 3.8) is 0 Å². The summed E-state index contributed by atoms with van der Waals surface area (Å²) >= 11 is 0. The molecule has 0 fully saturated rings. The minimum atomic E-state index is -0.616. The zero-order valence-corrected chi connectivity index (χ0v) is 8.86. The van der Waals surface area contributed by atoms with Crippen LogP contribution in [0.2, 0.25) is 0 Å². The summed E-state index contributed by atoms with van der Waals surface area (Å²) < 4.78 is 0. The Morgan fingerprint density at radius 3 is 2.67 bits per heavy atom. The first-order valence-corrected chi connectivity index (χ1v) is 4.64. The topological polar surface area (TPSA) is 107 Å². The second-order valence-corrected chi connectivity index (χ2v) is 3.38. The van der Waals surface area contributed by atoms with Gasteiger partial charge in [0.05, 0.1) is 0 Å². The highest BCUT2D eigenvalue weighted by Gasteiger charge is 2.05. The highest BCUT2D eigenvalue weighted by molar-refractivity contribution is 5.95. The summed E-state index contributed by atoms with van der Waals surface area (Å²) in [4.78, 5) is 24.3. The van der Waals surface area contributed by atoms with E-state index in [0.717, 1.165) is 6.42 Å². The van der Waals surface area contributed by atoms with Gasteiger partial charge in [-0.15, -0.1) is 0 Å². The fourth-order valence-corrected chi connectivity index (χ4v) is 0.781. The van der Waals surface area contributed by atoms with Crippen LogP contribution in [0.25, 0.3) is 10.4 Å². The largest absolute Gasteiger partial charge is 0.338 e. The molecule has 0 aliphatic heterocycles. The molecule has 2 N–H and O–H groups in total.